The van der Waals surface area contributed by atoms with Crippen LogP contribution in [-0.2, 0) is 19.5 Å². The summed E-state index contributed by atoms with van der Waals surface area (Å²) in [5.74, 6) is 2.24. The van der Waals surface area contributed by atoms with Gasteiger partial charge in [-0.3, -0.25) is 0 Å². The smallest absolute Gasteiger partial charge is 0.453 e. The third kappa shape index (κ3) is 12.4. The summed E-state index contributed by atoms with van der Waals surface area (Å²) in [6, 6.07) is 0. The summed E-state index contributed by atoms with van der Waals surface area (Å²) < 4.78 is 44.9. The van der Waals surface area contributed by atoms with E-state index in [1.54, 1.807) is 0 Å². The molecule has 0 saturated carbocycles. The fourth-order valence-corrected chi connectivity index (χ4v) is 0.0577. The van der Waals surface area contributed by atoms with Crippen LogP contribution in [0.4, 0.5) is 17.3 Å². The molecule has 0 radical (unpaired) electrons. The third-order valence-electron chi connectivity index (χ3n) is 0.649. The van der Waals surface area contributed by atoms with E-state index in [0.29, 0.717) is 23.9 Å². The van der Waals surface area contributed by atoms with Crippen LogP contribution in [0, 0.1) is 44.9 Å². The van der Waals surface area contributed by atoms with Gasteiger partial charge in [0, 0.05) is 0 Å². The van der Waals surface area contributed by atoms with Gasteiger partial charge in [-0.25, -0.2) is 21.0 Å². The van der Waals surface area contributed by atoms with Crippen molar-refractivity contribution in [3.05, 3.63) is 0 Å². The molecule has 0 aliphatic rings. The molecule has 0 aromatic heterocycles. The Balaban J connectivity index is -0.000000180. The Kier molecular flexibility index (Phi) is 9.92. The van der Waals surface area contributed by atoms with Gasteiger partial charge in [0.1, 0.15) is 0 Å². The van der Waals surface area contributed by atoms with E-state index in [9.17, 15) is 17.3 Å². The number of halogens is 4. The first kappa shape index (κ1) is 19.1. The van der Waals surface area contributed by atoms with Crippen LogP contribution in [-0.4, -0.2) is 13.4 Å². The van der Waals surface area contributed by atoms with Crippen LogP contribution in [0.1, 0.15) is 0 Å². The predicted octanol–water partition coefficient (Wildman–Crippen LogP) is 0.984. The summed E-state index contributed by atoms with van der Waals surface area (Å²) in [5.41, 5.74) is 0. The van der Waals surface area contributed by atoms with Crippen molar-refractivity contribution < 1.29 is 36.7 Å². The van der Waals surface area contributed by atoms with Crippen LogP contribution < -0.4 is 0 Å². The minimum Gasteiger partial charge on any atom is -0.453 e. The maximum Gasteiger partial charge on any atom is 2.00 e. The van der Waals surface area contributed by atoms with Gasteiger partial charge >= 0.3 is 32.9 Å². The molecule has 0 saturated heterocycles. The molecule has 4 nitrogen and oxygen atoms in total. The monoisotopic (exact) mass is 266 g/mol. The molecule has 15 heavy (non-hydrogen) atoms. The van der Waals surface area contributed by atoms with Gasteiger partial charge in [0.25, 0.3) is 0 Å². The topological polar surface area (TPSA) is 95.2 Å². The number of hydrogen-bond donors (Lipinski definition) is 0. The Labute approximate surface area is 95.5 Å². The van der Waals surface area contributed by atoms with Gasteiger partial charge in [-0.2, -0.15) is 0 Å². The van der Waals surface area contributed by atoms with E-state index in [1.165, 1.54) is 0 Å². The minimum absolute atomic E-state index is 0. The van der Waals surface area contributed by atoms with Gasteiger partial charge in [0.2, 0.25) is 0 Å². The predicted molar refractivity (Wildman–Crippen MR) is 38.4 cm³/mol. The van der Waals surface area contributed by atoms with Crippen molar-refractivity contribution in [1.82, 2.24) is 0 Å². The Morgan fingerprint density at radius 1 is 0.600 bits per heavy atom. The zero-order valence-electron chi connectivity index (χ0n) is 7.16. The van der Waals surface area contributed by atoms with Gasteiger partial charge < -0.3 is 17.3 Å². The van der Waals surface area contributed by atoms with Crippen LogP contribution in [0.2, 0.25) is 0 Å². The van der Waals surface area contributed by atoms with Crippen molar-refractivity contribution in [2.75, 3.05) is 0 Å². The zero-order valence-corrected chi connectivity index (χ0v) is 10.1. The largest absolute Gasteiger partial charge is 2.00 e. The summed E-state index contributed by atoms with van der Waals surface area (Å²) >= 11 is 0. The summed E-state index contributed by atoms with van der Waals surface area (Å²) in [6.45, 7) is -8.72. The molecule has 0 aromatic carbocycles. The molecule has 0 fully saturated rings. The van der Waals surface area contributed by atoms with Gasteiger partial charge in [0.15, 0.2) is 0 Å². The average Bonchev–Trinajstić information content (AvgIpc) is 2.19. The first-order chi connectivity index (χ1) is 6.24. The van der Waals surface area contributed by atoms with Gasteiger partial charge in [-0.05, 0) is 0 Å². The molecular weight excluding hydrogens is 267 g/mol. The number of rotatable bonds is 0. The maximum atomic E-state index is 11.2. The fraction of sp³-hybridized carbons (Fsp3) is 0. The Bertz CT molecular complexity index is 291. The van der Waals surface area contributed by atoms with E-state index >= 15 is 0 Å². The first-order valence-electron chi connectivity index (χ1n) is 2.92. The number of hydrogen-bond acceptors (Lipinski definition) is 4. The molecule has 0 N–H and O–H groups in total. The Morgan fingerprint density at radius 3 is 0.733 bits per heavy atom. The Hall–Kier alpha value is -1.57. The minimum atomic E-state index is -4.36. The van der Waals surface area contributed by atoms with E-state index in [2.05, 4.69) is 0 Å². The van der Waals surface area contributed by atoms with Crippen molar-refractivity contribution in [3.8, 4) is 23.9 Å². The second-order valence-corrected chi connectivity index (χ2v) is 1.84. The molecule has 0 unspecified atom stereocenters. The van der Waals surface area contributed by atoms with Crippen molar-refractivity contribution in [1.29, 1.82) is 21.0 Å². The molecule has 0 aliphatic heterocycles. The standard InChI is InChI=1S/2C2BF2N2.Zn/c2*4-3(5,1-6)2-7;/q2*-1;+2. The van der Waals surface area contributed by atoms with E-state index in [4.69, 9.17) is 21.0 Å². The molecule has 0 atom stereocenters. The van der Waals surface area contributed by atoms with E-state index < -0.39 is 13.4 Å². The first-order valence-corrected chi connectivity index (χ1v) is 2.92. The van der Waals surface area contributed by atoms with Crippen molar-refractivity contribution in [2.45, 2.75) is 0 Å². The summed E-state index contributed by atoms with van der Waals surface area (Å²) in [4.78, 5) is 0. The number of nitriles is 4. The van der Waals surface area contributed by atoms with E-state index in [-0.39, 0.29) is 19.5 Å². The van der Waals surface area contributed by atoms with Crippen molar-refractivity contribution >= 4 is 13.4 Å². The molecule has 11 heteroatoms. The molecule has 0 aliphatic carbocycles. The molecule has 0 amide bonds. The van der Waals surface area contributed by atoms with Crippen molar-refractivity contribution in [3.63, 3.8) is 0 Å². The fourth-order valence-electron chi connectivity index (χ4n) is 0.0577. The average molecular weight is 267 g/mol. The summed E-state index contributed by atoms with van der Waals surface area (Å²) in [5, 5.41) is 29.6. The molecule has 0 aromatic rings. The van der Waals surface area contributed by atoms with Crippen LogP contribution in [0.25, 0.3) is 0 Å². The van der Waals surface area contributed by atoms with Crippen LogP contribution in [0.15, 0.2) is 0 Å². The van der Waals surface area contributed by atoms with Crippen molar-refractivity contribution in [2.24, 2.45) is 0 Å². The van der Waals surface area contributed by atoms with E-state index in [1.807, 2.05) is 0 Å². The SMILES string of the molecule is N#C[B-](F)(F)C#N.N#C[B-](F)(F)C#N.[Zn+2]. The second kappa shape index (κ2) is 7.80. The Morgan fingerprint density at radius 2 is 0.733 bits per heavy atom. The van der Waals surface area contributed by atoms with Crippen LogP contribution >= 0.6 is 0 Å². The zero-order chi connectivity index (χ0) is 11.8. The molecule has 0 bridgehead atoms. The summed E-state index contributed by atoms with van der Waals surface area (Å²) in [6.07, 6.45) is 0. The third-order valence-corrected chi connectivity index (χ3v) is 0.649. The van der Waals surface area contributed by atoms with Gasteiger partial charge in [0.05, 0.1) is 0 Å². The van der Waals surface area contributed by atoms with Crippen LogP contribution in [0.3, 0.4) is 0 Å². The maximum absolute atomic E-state index is 11.2. The van der Waals surface area contributed by atoms with Gasteiger partial charge in [-0.15, -0.1) is 0 Å². The number of nitrogens with zero attached hydrogens (tertiary/aromatic N) is 4. The summed E-state index contributed by atoms with van der Waals surface area (Å²) in [7, 11) is 0. The van der Waals surface area contributed by atoms with E-state index in [0.717, 1.165) is 0 Å². The molecule has 0 spiro atoms. The normalized spacial score (nSPS) is 8.53. The van der Waals surface area contributed by atoms with Gasteiger partial charge in [-0.1, -0.05) is 23.9 Å². The molecule has 0 rings (SSSR count). The quantitative estimate of drug-likeness (QED) is 0.482. The second-order valence-electron chi connectivity index (χ2n) is 1.84. The molecular formula is C4B2F4N4Zn. The molecule has 0 heterocycles. The van der Waals surface area contributed by atoms with Crippen LogP contribution in [0.5, 0.6) is 0 Å². The molecule has 72 valence electrons.